The van der Waals surface area contributed by atoms with E-state index in [2.05, 4.69) is 4.90 Å². The van der Waals surface area contributed by atoms with Gasteiger partial charge in [-0.25, -0.2) is 4.39 Å². The van der Waals surface area contributed by atoms with Gasteiger partial charge in [0.15, 0.2) is 0 Å². The van der Waals surface area contributed by atoms with E-state index in [1.54, 1.807) is 11.0 Å². The molecule has 1 atom stereocenters. The minimum absolute atomic E-state index is 0.0654. The predicted octanol–water partition coefficient (Wildman–Crippen LogP) is 3.01. The average Bonchev–Trinajstić information content (AvgIpc) is 3.11. The first kappa shape index (κ1) is 17.2. The van der Waals surface area contributed by atoms with E-state index in [9.17, 15) is 9.18 Å². The van der Waals surface area contributed by atoms with Crippen LogP contribution in [0.1, 0.15) is 40.2 Å². The number of furan rings is 1. The van der Waals surface area contributed by atoms with Crippen LogP contribution in [0.5, 0.6) is 0 Å². The minimum atomic E-state index is -0.263. The van der Waals surface area contributed by atoms with E-state index in [1.807, 2.05) is 19.1 Å². The SMILES string of the molecule is C[C@H]1c2cc(F)ccc2CCN1C(=O)c1coc(CN2CCOCC2)c1. The Hall–Kier alpha value is -2.18. The number of ether oxygens (including phenoxy) is 1. The summed E-state index contributed by atoms with van der Waals surface area (Å²) in [5.74, 6) is 0.455. The Labute approximate surface area is 152 Å². The van der Waals surface area contributed by atoms with Crippen molar-refractivity contribution in [3.8, 4) is 0 Å². The van der Waals surface area contributed by atoms with Gasteiger partial charge in [-0.1, -0.05) is 6.07 Å². The third-order valence-electron chi connectivity index (χ3n) is 5.29. The van der Waals surface area contributed by atoms with E-state index < -0.39 is 0 Å². The molecule has 1 aromatic heterocycles. The number of benzene rings is 1. The molecule has 5 nitrogen and oxygen atoms in total. The van der Waals surface area contributed by atoms with Gasteiger partial charge in [-0.05, 0) is 42.7 Å². The van der Waals surface area contributed by atoms with Gasteiger partial charge in [0.1, 0.15) is 17.8 Å². The predicted molar refractivity (Wildman–Crippen MR) is 94.4 cm³/mol. The summed E-state index contributed by atoms with van der Waals surface area (Å²) < 4.78 is 24.6. The standard InChI is InChI=1S/C20H23FN2O3/c1-14-19-11-17(21)3-2-15(19)4-5-23(14)20(24)16-10-18(26-13-16)12-22-6-8-25-9-7-22/h2-3,10-11,13-14H,4-9,12H2,1H3/t14-/m0/s1. The van der Waals surface area contributed by atoms with Crippen molar-refractivity contribution in [3.63, 3.8) is 0 Å². The summed E-state index contributed by atoms with van der Waals surface area (Å²) in [4.78, 5) is 17.0. The second-order valence-electron chi connectivity index (χ2n) is 6.96. The van der Waals surface area contributed by atoms with Crippen molar-refractivity contribution in [2.45, 2.75) is 25.9 Å². The van der Waals surface area contributed by atoms with Crippen LogP contribution >= 0.6 is 0 Å². The molecule has 0 spiro atoms. The zero-order valence-corrected chi connectivity index (χ0v) is 14.9. The number of nitrogens with zero attached hydrogens (tertiary/aromatic N) is 2. The number of carbonyl (C=O) groups is 1. The zero-order chi connectivity index (χ0) is 18.1. The molecule has 1 saturated heterocycles. The summed E-state index contributed by atoms with van der Waals surface area (Å²) in [6, 6.07) is 6.52. The molecule has 2 aromatic rings. The van der Waals surface area contributed by atoms with Crippen LogP contribution in [0.4, 0.5) is 4.39 Å². The van der Waals surface area contributed by atoms with Crippen molar-refractivity contribution in [1.82, 2.24) is 9.80 Å². The molecule has 0 aliphatic carbocycles. The summed E-state index contributed by atoms with van der Waals surface area (Å²) in [6.45, 7) is 6.46. The molecule has 2 aliphatic rings. The molecule has 2 aliphatic heterocycles. The monoisotopic (exact) mass is 358 g/mol. The minimum Gasteiger partial charge on any atom is -0.467 e. The number of hydrogen-bond donors (Lipinski definition) is 0. The Bertz CT molecular complexity index is 798. The number of hydrogen-bond acceptors (Lipinski definition) is 4. The Balaban J connectivity index is 1.47. The van der Waals surface area contributed by atoms with Crippen molar-refractivity contribution in [1.29, 1.82) is 0 Å². The zero-order valence-electron chi connectivity index (χ0n) is 14.9. The fourth-order valence-electron chi connectivity index (χ4n) is 3.78. The quantitative estimate of drug-likeness (QED) is 0.846. The van der Waals surface area contributed by atoms with Crippen molar-refractivity contribution in [3.05, 3.63) is 58.8 Å². The van der Waals surface area contributed by atoms with E-state index in [0.717, 1.165) is 49.6 Å². The first-order valence-electron chi connectivity index (χ1n) is 9.08. The maximum Gasteiger partial charge on any atom is 0.257 e. The normalized spacial score (nSPS) is 20.8. The van der Waals surface area contributed by atoms with Crippen LogP contribution in [-0.4, -0.2) is 48.6 Å². The average molecular weight is 358 g/mol. The largest absolute Gasteiger partial charge is 0.467 e. The van der Waals surface area contributed by atoms with Crippen LogP contribution in [0.25, 0.3) is 0 Å². The fourth-order valence-corrected chi connectivity index (χ4v) is 3.78. The Morgan fingerprint density at radius 1 is 1.23 bits per heavy atom. The van der Waals surface area contributed by atoms with Gasteiger partial charge in [0.25, 0.3) is 5.91 Å². The summed E-state index contributed by atoms with van der Waals surface area (Å²) in [6.07, 6.45) is 2.27. The van der Waals surface area contributed by atoms with Gasteiger partial charge in [-0.2, -0.15) is 0 Å². The van der Waals surface area contributed by atoms with Crippen molar-refractivity contribution >= 4 is 5.91 Å². The number of carbonyl (C=O) groups excluding carboxylic acids is 1. The lowest BCUT2D eigenvalue weighted by molar-refractivity contribution is 0.0313. The van der Waals surface area contributed by atoms with Gasteiger partial charge in [0.05, 0.1) is 31.4 Å². The van der Waals surface area contributed by atoms with Gasteiger partial charge in [0.2, 0.25) is 0 Å². The van der Waals surface area contributed by atoms with E-state index in [1.165, 1.54) is 12.3 Å². The molecule has 138 valence electrons. The summed E-state index contributed by atoms with van der Waals surface area (Å²) in [7, 11) is 0. The van der Waals surface area contributed by atoms with E-state index in [-0.39, 0.29) is 17.8 Å². The highest BCUT2D eigenvalue weighted by Gasteiger charge is 2.29. The number of morpholine rings is 1. The lowest BCUT2D eigenvalue weighted by Gasteiger charge is -2.35. The Kier molecular flexibility index (Phi) is 4.78. The molecule has 0 radical (unpaired) electrons. The molecule has 1 fully saturated rings. The molecule has 1 aromatic carbocycles. The van der Waals surface area contributed by atoms with Crippen LogP contribution in [0.3, 0.4) is 0 Å². The number of halogens is 1. The maximum absolute atomic E-state index is 13.6. The smallest absolute Gasteiger partial charge is 0.257 e. The third-order valence-corrected chi connectivity index (χ3v) is 5.29. The Morgan fingerprint density at radius 2 is 2.04 bits per heavy atom. The number of fused-ring (bicyclic) bond motifs is 1. The van der Waals surface area contributed by atoms with Gasteiger partial charge < -0.3 is 14.1 Å². The number of amides is 1. The van der Waals surface area contributed by atoms with Gasteiger partial charge in [-0.3, -0.25) is 9.69 Å². The molecular formula is C20H23FN2O3. The van der Waals surface area contributed by atoms with Gasteiger partial charge in [-0.15, -0.1) is 0 Å². The highest BCUT2D eigenvalue weighted by atomic mass is 19.1. The van der Waals surface area contributed by atoms with Crippen molar-refractivity contribution in [2.75, 3.05) is 32.8 Å². The highest BCUT2D eigenvalue weighted by molar-refractivity contribution is 5.94. The summed E-state index contributed by atoms with van der Waals surface area (Å²) >= 11 is 0. The van der Waals surface area contributed by atoms with Crippen LogP contribution in [0.15, 0.2) is 34.9 Å². The molecule has 0 unspecified atom stereocenters. The molecule has 0 bridgehead atoms. The molecular weight excluding hydrogens is 335 g/mol. The van der Waals surface area contributed by atoms with Gasteiger partial charge in [0, 0.05) is 19.6 Å². The van der Waals surface area contributed by atoms with E-state index >= 15 is 0 Å². The molecule has 0 N–H and O–H groups in total. The van der Waals surface area contributed by atoms with Crippen molar-refractivity contribution in [2.24, 2.45) is 0 Å². The third kappa shape index (κ3) is 3.39. The van der Waals surface area contributed by atoms with Crippen LogP contribution in [0.2, 0.25) is 0 Å². The van der Waals surface area contributed by atoms with Crippen molar-refractivity contribution < 1.29 is 18.3 Å². The molecule has 1 amide bonds. The first-order valence-corrected chi connectivity index (χ1v) is 9.08. The van der Waals surface area contributed by atoms with Crippen LogP contribution < -0.4 is 0 Å². The maximum atomic E-state index is 13.6. The number of rotatable bonds is 3. The van der Waals surface area contributed by atoms with Gasteiger partial charge >= 0.3 is 0 Å². The second kappa shape index (κ2) is 7.21. The lowest BCUT2D eigenvalue weighted by Crippen LogP contribution is -2.38. The molecule has 3 heterocycles. The first-order chi connectivity index (χ1) is 12.6. The lowest BCUT2D eigenvalue weighted by atomic mass is 9.93. The topological polar surface area (TPSA) is 45.9 Å². The highest BCUT2D eigenvalue weighted by Crippen LogP contribution is 2.31. The molecule has 0 saturated carbocycles. The fraction of sp³-hybridized carbons (Fsp3) is 0.450. The van der Waals surface area contributed by atoms with Crippen LogP contribution in [-0.2, 0) is 17.7 Å². The summed E-state index contributed by atoms with van der Waals surface area (Å²) in [5.41, 5.74) is 2.56. The second-order valence-corrected chi connectivity index (χ2v) is 6.96. The van der Waals surface area contributed by atoms with E-state index in [0.29, 0.717) is 18.7 Å². The Morgan fingerprint density at radius 3 is 2.85 bits per heavy atom. The summed E-state index contributed by atoms with van der Waals surface area (Å²) in [5, 5.41) is 0. The molecule has 6 heteroatoms. The van der Waals surface area contributed by atoms with Crippen LogP contribution in [0, 0.1) is 5.82 Å². The molecule has 26 heavy (non-hydrogen) atoms. The van der Waals surface area contributed by atoms with E-state index in [4.69, 9.17) is 9.15 Å². The molecule has 4 rings (SSSR count).